The van der Waals surface area contributed by atoms with E-state index >= 15 is 0 Å². The molecule has 2 nitrogen and oxygen atoms in total. The molecule has 0 spiro atoms. The predicted octanol–water partition coefficient (Wildman–Crippen LogP) is 2.29. The Balaban J connectivity index is 1.58. The molecule has 1 aromatic carbocycles. The van der Waals surface area contributed by atoms with E-state index in [0.717, 1.165) is 13.0 Å². The van der Waals surface area contributed by atoms with Gasteiger partial charge in [-0.2, -0.15) is 0 Å². The highest BCUT2D eigenvalue weighted by Gasteiger charge is 2.49. The smallest absolute Gasteiger partial charge is 0.0777 e. The van der Waals surface area contributed by atoms with Crippen LogP contribution in [0.1, 0.15) is 37.7 Å². The monoisotopic (exact) mass is 231 g/mol. The average Bonchev–Trinajstić information content (AvgIpc) is 3.19. The van der Waals surface area contributed by atoms with Crippen LogP contribution >= 0.6 is 0 Å². The fourth-order valence-electron chi connectivity index (χ4n) is 2.72. The number of aliphatic hydroxyl groups is 1. The number of nitrogens with one attached hydrogen (secondary N) is 1. The summed E-state index contributed by atoms with van der Waals surface area (Å²) < 4.78 is 0. The molecule has 0 saturated heterocycles. The molecule has 0 bridgehead atoms. The molecule has 0 aromatic heterocycles. The van der Waals surface area contributed by atoms with Gasteiger partial charge in [0.25, 0.3) is 0 Å². The summed E-state index contributed by atoms with van der Waals surface area (Å²) >= 11 is 0. The summed E-state index contributed by atoms with van der Waals surface area (Å²) in [6.45, 7) is 2.72. The molecule has 0 heterocycles. The zero-order valence-electron chi connectivity index (χ0n) is 10.4. The van der Waals surface area contributed by atoms with E-state index in [0.29, 0.717) is 17.9 Å². The van der Waals surface area contributed by atoms with Crippen LogP contribution in [0.4, 0.5) is 0 Å². The second-order valence-electron chi connectivity index (χ2n) is 5.87. The Labute approximate surface area is 103 Å². The van der Waals surface area contributed by atoms with Crippen molar-refractivity contribution in [3.05, 3.63) is 35.9 Å². The van der Waals surface area contributed by atoms with Gasteiger partial charge in [-0.25, -0.2) is 0 Å². The molecule has 3 atom stereocenters. The van der Waals surface area contributed by atoms with Crippen LogP contribution in [-0.2, 0) is 0 Å². The molecule has 2 aliphatic carbocycles. The highest BCUT2D eigenvalue weighted by molar-refractivity contribution is 5.27. The topological polar surface area (TPSA) is 32.3 Å². The molecule has 3 rings (SSSR count). The zero-order valence-corrected chi connectivity index (χ0v) is 10.4. The number of hydrogen-bond acceptors (Lipinski definition) is 2. The van der Waals surface area contributed by atoms with Crippen LogP contribution in [0.5, 0.6) is 0 Å². The first kappa shape index (κ1) is 11.2. The maximum Gasteiger partial charge on any atom is 0.0777 e. The molecule has 2 fully saturated rings. The summed E-state index contributed by atoms with van der Waals surface area (Å²) in [5, 5.41) is 13.9. The van der Waals surface area contributed by atoms with E-state index in [-0.39, 0.29) is 0 Å². The van der Waals surface area contributed by atoms with Gasteiger partial charge in [-0.3, -0.25) is 0 Å². The SMILES string of the molecule is CC(O)(CNC1CC1)C1CC1c1ccccc1. The third-order valence-electron chi connectivity index (χ3n) is 4.14. The van der Waals surface area contributed by atoms with Crippen LogP contribution in [0.3, 0.4) is 0 Å². The van der Waals surface area contributed by atoms with Crippen LogP contribution in [0.15, 0.2) is 30.3 Å². The largest absolute Gasteiger partial charge is 0.389 e. The predicted molar refractivity (Wildman–Crippen MR) is 68.9 cm³/mol. The van der Waals surface area contributed by atoms with Crippen LogP contribution in [0.25, 0.3) is 0 Å². The van der Waals surface area contributed by atoms with Gasteiger partial charge in [0.15, 0.2) is 0 Å². The maximum atomic E-state index is 10.5. The summed E-state index contributed by atoms with van der Waals surface area (Å²) in [6.07, 6.45) is 3.69. The van der Waals surface area contributed by atoms with Crippen molar-refractivity contribution in [1.82, 2.24) is 5.32 Å². The number of benzene rings is 1. The standard InChI is InChI=1S/C15H21NO/c1-15(17,10-16-12-7-8-12)14-9-13(14)11-5-3-2-4-6-11/h2-6,12-14,16-17H,7-10H2,1H3. The Morgan fingerprint density at radius 2 is 2.00 bits per heavy atom. The Morgan fingerprint density at radius 1 is 1.29 bits per heavy atom. The van der Waals surface area contributed by atoms with Gasteiger partial charge in [0.2, 0.25) is 0 Å². The Kier molecular flexibility index (Phi) is 2.72. The second-order valence-corrected chi connectivity index (χ2v) is 5.87. The summed E-state index contributed by atoms with van der Waals surface area (Å²) in [5.74, 6) is 0.989. The Morgan fingerprint density at radius 3 is 2.65 bits per heavy atom. The zero-order chi connectivity index (χ0) is 11.9. The van der Waals surface area contributed by atoms with Crippen molar-refractivity contribution < 1.29 is 5.11 Å². The van der Waals surface area contributed by atoms with Gasteiger partial charge >= 0.3 is 0 Å². The third-order valence-corrected chi connectivity index (χ3v) is 4.14. The van der Waals surface area contributed by atoms with E-state index in [1.54, 1.807) is 0 Å². The highest BCUT2D eigenvalue weighted by Crippen LogP contribution is 2.53. The van der Waals surface area contributed by atoms with Gasteiger partial charge in [-0.15, -0.1) is 0 Å². The third kappa shape index (κ3) is 2.53. The van der Waals surface area contributed by atoms with Gasteiger partial charge in [0, 0.05) is 12.6 Å². The molecule has 2 saturated carbocycles. The van der Waals surface area contributed by atoms with Crippen LogP contribution in [0, 0.1) is 5.92 Å². The van der Waals surface area contributed by atoms with Crippen molar-refractivity contribution in [2.75, 3.05) is 6.54 Å². The molecule has 92 valence electrons. The fourth-order valence-corrected chi connectivity index (χ4v) is 2.72. The lowest BCUT2D eigenvalue weighted by molar-refractivity contribution is 0.0346. The van der Waals surface area contributed by atoms with Crippen molar-refractivity contribution in [2.45, 2.75) is 43.7 Å². The van der Waals surface area contributed by atoms with Gasteiger partial charge < -0.3 is 10.4 Å². The van der Waals surface area contributed by atoms with Crippen LogP contribution in [0.2, 0.25) is 0 Å². The maximum absolute atomic E-state index is 10.5. The van der Waals surface area contributed by atoms with E-state index < -0.39 is 5.60 Å². The minimum absolute atomic E-state index is 0.427. The van der Waals surface area contributed by atoms with Gasteiger partial charge in [0.05, 0.1) is 5.60 Å². The first-order valence-electron chi connectivity index (χ1n) is 6.67. The molecule has 2 aliphatic rings. The van der Waals surface area contributed by atoms with Gasteiger partial charge in [-0.05, 0) is 43.6 Å². The van der Waals surface area contributed by atoms with Crippen molar-refractivity contribution in [3.63, 3.8) is 0 Å². The minimum atomic E-state index is -0.552. The molecular formula is C15H21NO. The summed E-state index contributed by atoms with van der Waals surface area (Å²) in [4.78, 5) is 0. The molecule has 0 radical (unpaired) electrons. The van der Waals surface area contributed by atoms with E-state index in [1.807, 2.05) is 13.0 Å². The number of hydrogen-bond donors (Lipinski definition) is 2. The average molecular weight is 231 g/mol. The van der Waals surface area contributed by atoms with Gasteiger partial charge in [0.1, 0.15) is 0 Å². The molecule has 0 amide bonds. The lowest BCUT2D eigenvalue weighted by Gasteiger charge is -2.24. The van der Waals surface area contributed by atoms with Crippen molar-refractivity contribution in [3.8, 4) is 0 Å². The summed E-state index contributed by atoms with van der Waals surface area (Å²) in [7, 11) is 0. The van der Waals surface area contributed by atoms with E-state index in [9.17, 15) is 5.11 Å². The lowest BCUT2D eigenvalue weighted by Crippen LogP contribution is -2.41. The van der Waals surface area contributed by atoms with Crippen molar-refractivity contribution in [2.24, 2.45) is 5.92 Å². The van der Waals surface area contributed by atoms with E-state index in [2.05, 4.69) is 29.6 Å². The number of rotatable bonds is 5. The Bertz CT molecular complexity index is 383. The molecular weight excluding hydrogens is 210 g/mol. The molecule has 0 aliphatic heterocycles. The van der Waals surface area contributed by atoms with E-state index in [4.69, 9.17) is 0 Å². The summed E-state index contributed by atoms with van der Waals surface area (Å²) in [5.41, 5.74) is 0.826. The van der Waals surface area contributed by atoms with Crippen LogP contribution < -0.4 is 5.32 Å². The molecule has 3 unspecified atom stereocenters. The molecule has 17 heavy (non-hydrogen) atoms. The molecule has 1 aromatic rings. The normalized spacial score (nSPS) is 30.9. The highest BCUT2D eigenvalue weighted by atomic mass is 16.3. The minimum Gasteiger partial charge on any atom is -0.389 e. The van der Waals surface area contributed by atoms with Crippen molar-refractivity contribution in [1.29, 1.82) is 0 Å². The lowest BCUT2D eigenvalue weighted by atomic mass is 9.96. The quantitative estimate of drug-likeness (QED) is 0.815. The Hall–Kier alpha value is -0.860. The van der Waals surface area contributed by atoms with Crippen molar-refractivity contribution >= 4 is 0 Å². The fraction of sp³-hybridized carbons (Fsp3) is 0.600. The molecule has 2 N–H and O–H groups in total. The summed E-state index contributed by atoms with van der Waals surface area (Å²) in [6, 6.07) is 11.2. The first-order valence-corrected chi connectivity index (χ1v) is 6.67. The second kappa shape index (κ2) is 4.11. The first-order chi connectivity index (χ1) is 8.17. The van der Waals surface area contributed by atoms with Crippen LogP contribution in [-0.4, -0.2) is 23.3 Å². The molecule has 2 heteroatoms. The van der Waals surface area contributed by atoms with E-state index in [1.165, 1.54) is 18.4 Å². The van der Waals surface area contributed by atoms with Gasteiger partial charge in [-0.1, -0.05) is 30.3 Å².